The van der Waals surface area contributed by atoms with Crippen LogP contribution in [0.2, 0.25) is 0 Å². The number of hydrogen-bond donors (Lipinski definition) is 3. The lowest BCUT2D eigenvalue weighted by Gasteiger charge is -2.20. The first kappa shape index (κ1) is 59.2. The van der Waals surface area contributed by atoms with Gasteiger partial charge in [0, 0.05) is 12.8 Å². The summed E-state index contributed by atoms with van der Waals surface area (Å²) in [5.41, 5.74) is 5.35. The fourth-order valence-corrected chi connectivity index (χ4v) is 8.08. The monoisotopic (exact) mass is 888 g/mol. The predicted molar refractivity (Wildman–Crippen MR) is 249 cm³/mol. The van der Waals surface area contributed by atoms with Crippen LogP contribution in [0, 0.1) is 0 Å². The standard InChI is InChI=1S/C49H94NO10P/c1-3-5-7-9-11-13-15-17-19-20-21-22-23-24-25-26-27-29-31-33-35-37-39-41-48(52)60-45(43-58-61(55,56)59-44-46(50)49(53)54)42-57-47(51)40-38-36-34-32-30-28-18-16-14-12-10-8-6-4-2/h16,18,45-46H,3-15,17,19-44,50H2,1-2H3,(H,53,54)(H,55,56)/b18-16+/t45-,46-/m0/s1. The van der Waals surface area contributed by atoms with Crippen molar-refractivity contribution in [2.24, 2.45) is 5.73 Å². The first-order valence-electron chi connectivity index (χ1n) is 25.2. The molecule has 0 rings (SSSR count). The van der Waals surface area contributed by atoms with Gasteiger partial charge in [-0.2, -0.15) is 0 Å². The maximum absolute atomic E-state index is 12.7. The number of carbonyl (C=O) groups is 3. The van der Waals surface area contributed by atoms with E-state index in [0.717, 1.165) is 57.8 Å². The van der Waals surface area contributed by atoms with E-state index in [1.807, 2.05) is 0 Å². The van der Waals surface area contributed by atoms with Crippen LogP contribution in [0.4, 0.5) is 0 Å². The number of phosphoric acid groups is 1. The molecule has 0 aromatic rings. The fraction of sp³-hybridized carbons (Fsp3) is 0.898. The second-order valence-electron chi connectivity index (χ2n) is 17.3. The number of rotatable bonds is 48. The van der Waals surface area contributed by atoms with Crippen LogP contribution in [-0.2, 0) is 37.5 Å². The molecule has 12 heteroatoms. The number of carboxylic acids is 1. The molecular weight excluding hydrogens is 794 g/mol. The maximum Gasteiger partial charge on any atom is 0.472 e. The molecule has 0 aromatic heterocycles. The van der Waals surface area contributed by atoms with Gasteiger partial charge in [0.25, 0.3) is 0 Å². The number of ether oxygens (including phenoxy) is 2. The Balaban J connectivity index is 4.18. The summed E-state index contributed by atoms with van der Waals surface area (Å²) in [5.74, 6) is -2.37. The molecule has 0 amide bonds. The number of phosphoric ester groups is 1. The van der Waals surface area contributed by atoms with Crippen molar-refractivity contribution in [3.63, 3.8) is 0 Å². The fourth-order valence-electron chi connectivity index (χ4n) is 7.30. The number of allylic oxidation sites excluding steroid dienone is 2. The second-order valence-corrected chi connectivity index (χ2v) is 18.8. The zero-order valence-corrected chi connectivity index (χ0v) is 40.2. The van der Waals surface area contributed by atoms with E-state index in [4.69, 9.17) is 24.8 Å². The molecular formula is C49H94NO10P. The Morgan fingerprint density at radius 2 is 0.820 bits per heavy atom. The zero-order chi connectivity index (χ0) is 44.9. The Labute approximate surface area is 373 Å². The topological polar surface area (TPSA) is 172 Å². The Hall–Kier alpha value is -1.78. The molecule has 4 N–H and O–H groups in total. The van der Waals surface area contributed by atoms with Gasteiger partial charge in [0.1, 0.15) is 12.6 Å². The molecule has 0 fully saturated rings. The number of hydrogen-bond acceptors (Lipinski definition) is 9. The predicted octanol–water partition coefficient (Wildman–Crippen LogP) is 14.0. The van der Waals surface area contributed by atoms with Crippen LogP contribution in [0.25, 0.3) is 0 Å². The van der Waals surface area contributed by atoms with Crippen molar-refractivity contribution in [3.05, 3.63) is 12.2 Å². The minimum Gasteiger partial charge on any atom is -0.480 e. The van der Waals surface area contributed by atoms with E-state index in [2.05, 4.69) is 30.5 Å². The molecule has 0 heterocycles. The van der Waals surface area contributed by atoms with E-state index in [9.17, 15) is 23.8 Å². The number of unbranched alkanes of at least 4 members (excludes halogenated alkanes) is 32. The van der Waals surface area contributed by atoms with Crippen molar-refractivity contribution in [2.45, 2.75) is 264 Å². The van der Waals surface area contributed by atoms with Crippen LogP contribution >= 0.6 is 7.82 Å². The molecule has 3 atom stereocenters. The van der Waals surface area contributed by atoms with Crippen molar-refractivity contribution in [1.29, 1.82) is 0 Å². The van der Waals surface area contributed by atoms with Crippen molar-refractivity contribution in [1.82, 2.24) is 0 Å². The number of esters is 2. The number of aliphatic carboxylic acids is 1. The smallest absolute Gasteiger partial charge is 0.472 e. The average molecular weight is 888 g/mol. The molecule has 360 valence electrons. The molecule has 0 saturated carbocycles. The Kier molecular flexibility index (Phi) is 43.5. The average Bonchev–Trinajstić information content (AvgIpc) is 3.24. The molecule has 0 saturated heterocycles. The summed E-state index contributed by atoms with van der Waals surface area (Å²) < 4.78 is 32.8. The third-order valence-electron chi connectivity index (χ3n) is 11.3. The minimum atomic E-state index is -4.72. The van der Waals surface area contributed by atoms with Crippen LogP contribution in [0.5, 0.6) is 0 Å². The third kappa shape index (κ3) is 44.6. The quantitative estimate of drug-likeness (QED) is 0.0230. The first-order chi connectivity index (χ1) is 29.6. The second kappa shape index (κ2) is 44.8. The largest absolute Gasteiger partial charge is 0.480 e. The van der Waals surface area contributed by atoms with Crippen LogP contribution in [-0.4, -0.2) is 59.9 Å². The highest BCUT2D eigenvalue weighted by Gasteiger charge is 2.28. The summed E-state index contributed by atoms with van der Waals surface area (Å²) in [6, 6.07) is -1.52. The van der Waals surface area contributed by atoms with Gasteiger partial charge in [0.15, 0.2) is 6.10 Å². The van der Waals surface area contributed by atoms with Gasteiger partial charge in [0.2, 0.25) is 0 Å². The molecule has 0 aliphatic heterocycles. The Bertz CT molecular complexity index is 1090. The summed E-state index contributed by atoms with van der Waals surface area (Å²) in [6.45, 7) is 2.83. The van der Waals surface area contributed by atoms with Crippen molar-refractivity contribution >= 4 is 25.7 Å². The lowest BCUT2D eigenvalue weighted by molar-refractivity contribution is -0.161. The van der Waals surface area contributed by atoms with Crippen molar-refractivity contribution in [3.8, 4) is 0 Å². The van der Waals surface area contributed by atoms with Crippen molar-refractivity contribution in [2.75, 3.05) is 19.8 Å². The van der Waals surface area contributed by atoms with Crippen LogP contribution in [0.3, 0.4) is 0 Å². The summed E-state index contributed by atoms with van der Waals surface area (Å²) in [7, 11) is -4.72. The van der Waals surface area contributed by atoms with E-state index in [1.54, 1.807) is 0 Å². The molecule has 0 spiro atoms. The van der Waals surface area contributed by atoms with Crippen LogP contribution < -0.4 is 5.73 Å². The summed E-state index contributed by atoms with van der Waals surface area (Å²) in [5, 5.41) is 8.91. The molecule has 11 nitrogen and oxygen atoms in total. The summed E-state index contributed by atoms with van der Waals surface area (Å²) in [4.78, 5) is 46.1. The molecule has 0 radical (unpaired) electrons. The number of carbonyl (C=O) groups excluding carboxylic acids is 2. The summed E-state index contributed by atoms with van der Waals surface area (Å²) >= 11 is 0. The molecule has 0 bridgehead atoms. The lowest BCUT2D eigenvalue weighted by atomic mass is 10.0. The van der Waals surface area contributed by atoms with E-state index >= 15 is 0 Å². The van der Waals surface area contributed by atoms with Gasteiger partial charge in [-0.25, -0.2) is 4.57 Å². The maximum atomic E-state index is 12.7. The molecule has 1 unspecified atom stereocenters. The lowest BCUT2D eigenvalue weighted by Crippen LogP contribution is -2.34. The Morgan fingerprint density at radius 3 is 1.20 bits per heavy atom. The van der Waals surface area contributed by atoms with Crippen LogP contribution in [0.1, 0.15) is 251 Å². The van der Waals surface area contributed by atoms with E-state index in [-0.39, 0.29) is 19.4 Å². The van der Waals surface area contributed by atoms with Crippen LogP contribution in [0.15, 0.2) is 12.2 Å². The molecule has 0 aromatic carbocycles. The SMILES string of the molecule is CCCCCCC/C=C/CCCCCCCC(=O)OC[C@@H](COP(=O)(O)OC[C@H](N)C(=O)O)OC(=O)CCCCCCCCCCCCCCCCCCCCCCCCC. The van der Waals surface area contributed by atoms with Gasteiger partial charge in [0.05, 0.1) is 13.2 Å². The normalized spacial score (nSPS) is 13.6. The molecule has 61 heavy (non-hydrogen) atoms. The highest BCUT2D eigenvalue weighted by Crippen LogP contribution is 2.43. The first-order valence-corrected chi connectivity index (χ1v) is 26.7. The molecule has 0 aliphatic rings. The highest BCUT2D eigenvalue weighted by molar-refractivity contribution is 7.47. The van der Waals surface area contributed by atoms with E-state index in [1.165, 1.54) is 154 Å². The van der Waals surface area contributed by atoms with Gasteiger partial charge in [-0.05, 0) is 38.5 Å². The number of carboxylic acid groups (broad SMARTS) is 1. The molecule has 0 aliphatic carbocycles. The number of nitrogens with two attached hydrogens (primary N) is 1. The zero-order valence-electron chi connectivity index (χ0n) is 39.3. The van der Waals surface area contributed by atoms with E-state index in [0.29, 0.717) is 12.8 Å². The van der Waals surface area contributed by atoms with Gasteiger partial charge in [-0.1, -0.05) is 212 Å². The van der Waals surface area contributed by atoms with Gasteiger partial charge < -0.3 is 25.2 Å². The minimum absolute atomic E-state index is 0.166. The van der Waals surface area contributed by atoms with Crippen molar-refractivity contribution < 1.29 is 47.5 Å². The third-order valence-corrected chi connectivity index (χ3v) is 12.2. The van der Waals surface area contributed by atoms with Gasteiger partial charge in [-0.3, -0.25) is 23.4 Å². The van der Waals surface area contributed by atoms with Gasteiger partial charge >= 0.3 is 25.7 Å². The Morgan fingerprint density at radius 1 is 0.492 bits per heavy atom. The van der Waals surface area contributed by atoms with Gasteiger partial charge in [-0.15, -0.1) is 0 Å². The highest BCUT2D eigenvalue weighted by atomic mass is 31.2. The van der Waals surface area contributed by atoms with E-state index < -0.39 is 51.1 Å². The summed E-state index contributed by atoms with van der Waals surface area (Å²) in [6.07, 6.45) is 47.1.